The van der Waals surface area contributed by atoms with Gasteiger partial charge in [0.1, 0.15) is 11.6 Å². The molecule has 0 spiro atoms. The normalized spacial score (nSPS) is 10.9. The fraction of sp³-hybridized carbons (Fsp3) is 0.188. The molecule has 0 bridgehead atoms. The molecule has 1 aromatic heterocycles. The predicted molar refractivity (Wildman–Crippen MR) is 85.1 cm³/mol. The van der Waals surface area contributed by atoms with Crippen LogP contribution in [0.4, 0.5) is 0 Å². The largest absolute Gasteiger partial charge is 0.493 e. The molecular formula is C16H15BrN2O. The molecule has 2 aromatic carbocycles. The third-order valence-electron chi connectivity index (χ3n) is 3.18. The van der Waals surface area contributed by atoms with Crippen molar-refractivity contribution in [3.8, 4) is 17.1 Å². The molecule has 0 fully saturated rings. The van der Waals surface area contributed by atoms with Crippen LogP contribution in [-0.4, -0.2) is 16.6 Å². The quantitative estimate of drug-likeness (QED) is 0.755. The Kier molecular flexibility index (Phi) is 3.49. The molecule has 1 N–H and O–H groups in total. The maximum Gasteiger partial charge on any atom is 0.142 e. The van der Waals surface area contributed by atoms with Gasteiger partial charge in [0.2, 0.25) is 0 Å². The predicted octanol–water partition coefficient (Wildman–Crippen LogP) is 4.70. The number of aryl methyl sites for hydroxylation is 1. The number of nitrogens with zero attached hydrogens (tertiary/aromatic N) is 1. The van der Waals surface area contributed by atoms with Crippen molar-refractivity contribution in [3.05, 3.63) is 46.4 Å². The standard InChI is InChI=1S/C16H15BrN2O/c1-3-20-14-7-5-4-6-12(14)16-18-13-9-11(17)8-10(2)15(13)19-16/h4-9H,3H2,1-2H3,(H,18,19). The van der Waals surface area contributed by atoms with Gasteiger partial charge in [-0.1, -0.05) is 28.1 Å². The lowest BCUT2D eigenvalue weighted by molar-refractivity contribution is 0.341. The van der Waals surface area contributed by atoms with Crippen LogP contribution >= 0.6 is 15.9 Å². The molecule has 20 heavy (non-hydrogen) atoms. The lowest BCUT2D eigenvalue weighted by Crippen LogP contribution is -1.94. The zero-order valence-electron chi connectivity index (χ0n) is 11.4. The molecule has 0 amide bonds. The fourth-order valence-electron chi connectivity index (χ4n) is 2.32. The van der Waals surface area contributed by atoms with E-state index < -0.39 is 0 Å². The average Bonchev–Trinajstić information content (AvgIpc) is 2.83. The number of ether oxygens (including phenoxy) is 1. The molecule has 0 aliphatic heterocycles. The van der Waals surface area contributed by atoms with Gasteiger partial charge < -0.3 is 9.72 Å². The second kappa shape index (κ2) is 5.29. The number of benzene rings is 2. The summed E-state index contributed by atoms with van der Waals surface area (Å²) in [6.07, 6.45) is 0. The van der Waals surface area contributed by atoms with Crippen LogP contribution in [0.15, 0.2) is 40.9 Å². The molecule has 0 aliphatic carbocycles. The molecule has 3 rings (SSSR count). The van der Waals surface area contributed by atoms with Crippen LogP contribution < -0.4 is 4.74 Å². The van der Waals surface area contributed by atoms with E-state index >= 15 is 0 Å². The van der Waals surface area contributed by atoms with E-state index in [2.05, 4.69) is 33.9 Å². The number of aromatic nitrogens is 2. The third-order valence-corrected chi connectivity index (χ3v) is 3.64. The molecule has 4 heteroatoms. The molecular weight excluding hydrogens is 316 g/mol. The van der Waals surface area contributed by atoms with Gasteiger partial charge in [0.05, 0.1) is 23.2 Å². The lowest BCUT2D eigenvalue weighted by Gasteiger charge is -2.07. The van der Waals surface area contributed by atoms with Crippen LogP contribution in [-0.2, 0) is 0 Å². The number of hydrogen-bond donors (Lipinski definition) is 1. The summed E-state index contributed by atoms with van der Waals surface area (Å²) in [5.74, 6) is 1.69. The van der Waals surface area contributed by atoms with E-state index in [9.17, 15) is 0 Å². The number of halogens is 1. The minimum Gasteiger partial charge on any atom is -0.493 e. The highest BCUT2D eigenvalue weighted by atomic mass is 79.9. The van der Waals surface area contributed by atoms with E-state index in [-0.39, 0.29) is 0 Å². The molecule has 1 heterocycles. The highest BCUT2D eigenvalue weighted by molar-refractivity contribution is 9.10. The summed E-state index contributed by atoms with van der Waals surface area (Å²) in [6.45, 7) is 4.69. The van der Waals surface area contributed by atoms with Crippen molar-refractivity contribution >= 4 is 27.0 Å². The van der Waals surface area contributed by atoms with Crippen LogP contribution in [0.3, 0.4) is 0 Å². The number of nitrogens with one attached hydrogen (secondary N) is 1. The van der Waals surface area contributed by atoms with Gasteiger partial charge in [0, 0.05) is 4.47 Å². The van der Waals surface area contributed by atoms with E-state index in [1.54, 1.807) is 0 Å². The first kappa shape index (κ1) is 13.2. The number of para-hydroxylation sites is 1. The Morgan fingerprint density at radius 1 is 1.25 bits per heavy atom. The van der Waals surface area contributed by atoms with E-state index in [0.29, 0.717) is 6.61 Å². The summed E-state index contributed by atoms with van der Waals surface area (Å²) in [5.41, 5.74) is 4.15. The van der Waals surface area contributed by atoms with Gasteiger partial charge in [0.15, 0.2) is 0 Å². The summed E-state index contributed by atoms with van der Waals surface area (Å²) in [4.78, 5) is 8.08. The molecule has 102 valence electrons. The maximum absolute atomic E-state index is 5.67. The first-order chi connectivity index (χ1) is 9.69. The maximum atomic E-state index is 5.67. The number of imidazole rings is 1. The summed E-state index contributed by atoms with van der Waals surface area (Å²) in [6, 6.07) is 12.1. The first-order valence-electron chi connectivity index (χ1n) is 6.57. The first-order valence-corrected chi connectivity index (χ1v) is 7.36. The van der Waals surface area contributed by atoms with Crippen molar-refractivity contribution in [1.29, 1.82) is 0 Å². The number of rotatable bonds is 3. The minimum atomic E-state index is 0.641. The van der Waals surface area contributed by atoms with Crippen molar-refractivity contribution in [1.82, 2.24) is 9.97 Å². The molecule has 0 unspecified atom stereocenters. The van der Waals surface area contributed by atoms with Crippen LogP contribution in [0, 0.1) is 6.92 Å². The Balaban J connectivity index is 2.18. The van der Waals surface area contributed by atoms with Crippen LogP contribution in [0.1, 0.15) is 12.5 Å². The summed E-state index contributed by atoms with van der Waals surface area (Å²) < 4.78 is 6.72. The van der Waals surface area contributed by atoms with Crippen molar-refractivity contribution < 1.29 is 4.74 Å². The minimum absolute atomic E-state index is 0.641. The Hall–Kier alpha value is -1.81. The molecule has 0 aliphatic rings. The Bertz CT molecular complexity index is 764. The summed E-state index contributed by atoms with van der Waals surface area (Å²) >= 11 is 3.52. The van der Waals surface area contributed by atoms with E-state index in [1.165, 1.54) is 0 Å². The van der Waals surface area contributed by atoms with E-state index in [0.717, 1.165) is 38.2 Å². The van der Waals surface area contributed by atoms with Crippen LogP contribution in [0.25, 0.3) is 22.4 Å². The van der Waals surface area contributed by atoms with E-state index in [1.807, 2.05) is 37.3 Å². The number of hydrogen-bond acceptors (Lipinski definition) is 2. The van der Waals surface area contributed by atoms with Crippen LogP contribution in [0.5, 0.6) is 5.75 Å². The molecule has 0 saturated carbocycles. The third kappa shape index (κ3) is 2.31. The zero-order chi connectivity index (χ0) is 14.1. The van der Waals surface area contributed by atoms with Gasteiger partial charge >= 0.3 is 0 Å². The fourth-order valence-corrected chi connectivity index (χ4v) is 2.89. The lowest BCUT2D eigenvalue weighted by atomic mass is 10.2. The van der Waals surface area contributed by atoms with Crippen molar-refractivity contribution in [2.45, 2.75) is 13.8 Å². The van der Waals surface area contributed by atoms with Gasteiger partial charge in [0.25, 0.3) is 0 Å². The molecule has 0 radical (unpaired) electrons. The van der Waals surface area contributed by atoms with Gasteiger partial charge in [-0.3, -0.25) is 0 Å². The smallest absolute Gasteiger partial charge is 0.142 e. The number of fused-ring (bicyclic) bond motifs is 1. The molecule has 0 atom stereocenters. The number of H-pyrrole nitrogens is 1. The van der Waals surface area contributed by atoms with Gasteiger partial charge in [-0.25, -0.2) is 4.98 Å². The summed E-state index contributed by atoms with van der Waals surface area (Å²) in [5, 5.41) is 0. The zero-order valence-corrected chi connectivity index (χ0v) is 13.0. The van der Waals surface area contributed by atoms with Crippen molar-refractivity contribution in [2.24, 2.45) is 0 Å². The van der Waals surface area contributed by atoms with Crippen molar-refractivity contribution in [2.75, 3.05) is 6.61 Å². The Labute approximate surface area is 126 Å². The van der Waals surface area contributed by atoms with Gasteiger partial charge in [-0.05, 0) is 43.7 Å². The average molecular weight is 331 g/mol. The highest BCUT2D eigenvalue weighted by Crippen LogP contribution is 2.31. The second-order valence-corrected chi connectivity index (χ2v) is 5.55. The Morgan fingerprint density at radius 2 is 2.05 bits per heavy atom. The highest BCUT2D eigenvalue weighted by Gasteiger charge is 2.12. The monoisotopic (exact) mass is 330 g/mol. The van der Waals surface area contributed by atoms with Gasteiger partial charge in [-0.2, -0.15) is 0 Å². The van der Waals surface area contributed by atoms with E-state index in [4.69, 9.17) is 9.72 Å². The van der Waals surface area contributed by atoms with Crippen molar-refractivity contribution in [3.63, 3.8) is 0 Å². The molecule has 0 saturated heterocycles. The van der Waals surface area contributed by atoms with Crippen LogP contribution in [0.2, 0.25) is 0 Å². The molecule has 3 nitrogen and oxygen atoms in total. The SMILES string of the molecule is CCOc1ccccc1-c1nc2c(C)cc(Br)cc2[nH]1. The Morgan fingerprint density at radius 3 is 2.85 bits per heavy atom. The number of aromatic amines is 1. The summed E-state index contributed by atoms with van der Waals surface area (Å²) in [7, 11) is 0. The topological polar surface area (TPSA) is 37.9 Å². The molecule has 3 aromatic rings. The van der Waals surface area contributed by atoms with Gasteiger partial charge in [-0.15, -0.1) is 0 Å². The second-order valence-electron chi connectivity index (χ2n) is 4.63.